The van der Waals surface area contributed by atoms with E-state index in [1.165, 1.54) is 21.5 Å². The molecule has 5 heteroatoms. The summed E-state index contributed by atoms with van der Waals surface area (Å²) in [4.78, 5) is 19.9. The molecule has 7 aromatic carbocycles. The molecule has 0 aliphatic rings. The smallest absolute Gasteiger partial charge is 0.164 e. The Hall–Kier alpha value is -6.46. The van der Waals surface area contributed by atoms with E-state index < -0.39 is 0 Å². The fourth-order valence-corrected chi connectivity index (χ4v) is 6.89. The standard InChI is InChI=1S/C42H24N4O/c1-2-9-28-21-29(17-13-25(28)7-1)40-44-41(30-18-16-27-15-14-26-8-3-4-10-31(26)34(27)22-30)46-42(45-40)35-23-38-39(36-24-43-20-19-32(35)36)33-11-5-6-12-37(33)47-38/h1-24H. The molecule has 0 spiro atoms. The van der Waals surface area contributed by atoms with Crippen LogP contribution in [0.4, 0.5) is 0 Å². The summed E-state index contributed by atoms with van der Waals surface area (Å²) >= 11 is 0. The molecule has 5 nitrogen and oxygen atoms in total. The number of furan rings is 1. The lowest BCUT2D eigenvalue weighted by molar-refractivity contribution is 0.669. The van der Waals surface area contributed by atoms with Crippen LogP contribution in [0.5, 0.6) is 0 Å². The van der Waals surface area contributed by atoms with Crippen molar-refractivity contribution in [2.45, 2.75) is 0 Å². The van der Waals surface area contributed by atoms with E-state index in [1.54, 1.807) is 0 Å². The van der Waals surface area contributed by atoms with Crippen LogP contribution in [0, 0.1) is 0 Å². The number of aromatic nitrogens is 4. The van der Waals surface area contributed by atoms with Crippen molar-refractivity contribution >= 4 is 65.0 Å². The molecule has 3 heterocycles. The molecule has 10 aromatic rings. The van der Waals surface area contributed by atoms with Crippen LogP contribution in [0.1, 0.15) is 0 Å². The molecule has 0 amide bonds. The molecule has 0 saturated carbocycles. The van der Waals surface area contributed by atoms with Crippen molar-refractivity contribution in [2.24, 2.45) is 0 Å². The first kappa shape index (κ1) is 25.8. The number of rotatable bonds is 3. The van der Waals surface area contributed by atoms with Crippen LogP contribution in [0.25, 0.3) is 99.2 Å². The van der Waals surface area contributed by atoms with Crippen LogP contribution in [0.15, 0.2) is 150 Å². The number of para-hydroxylation sites is 1. The van der Waals surface area contributed by atoms with Crippen molar-refractivity contribution < 1.29 is 4.42 Å². The maximum absolute atomic E-state index is 6.39. The normalized spacial score (nSPS) is 11.8. The van der Waals surface area contributed by atoms with Crippen molar-refractivity contribution in [3.63, 3.8) is 0 Å². The van der Waals surface area contributed by atoms with Gasteiger partial charge in [0, 0.05) is 45.2 Å². The third-order valence-electron chi connectivity index (χ3n) is 9.17. The zero-order chi connectivity index (χ0) is 30.9. The third-order valence-corrected chi connectivity index (χ3v) is 9.17. The van der Waals surface area contributed by atoms with Crippen molar-refractivity contribution in [3.8, 4) is 34.2 Å². The minimum Gasteiger partial charge on any atom is -0.456 e. The molecule has 0 bridgehead atoms. The number of pyridine rings is 1. The van der Waals surface area contributed by atoms with Crippen LogP contribution < -0.4 is 0 Å². The van der Waals surface area contributed by atoms with Crippen LogP contribution >= 0.6 is 0 Å². The van der Waals surface area contributed by atoms with Crippen molar-refractivity contribution in [1.29, 1.82) is 0 Å². The van der Waals surface area contributed by atoms with Gasteiger partial charge in [0.25, 0.3) is 0 Å². The minimum absolute atomic E-state index is 0.578. The van der Waals surface area contributed by atoms with Gasteiger partial charge in [-0.2, -0.15) is 0 Å². The molecule has 10 rings (SSSR count). The summed E-state index contributed by atoms with van der Waals surface area (Å²) in [6, 6.07) is 46.2. The summed E-state index contributed by atoms with van der Waals surface area (Å²) in [7, 11) is 0. The Morgan fingerprint density at radius 1 is 0.404 bits per heavy atom. The Morgan fingerprint density at radius 2 is 1.04 bits per heavy atom. The Morgan fingerprint density at radius 3 is 1.89 bits per heavy atom. The molecule has 0 saturated heterocycles. The Labute approximate surface area is 268 Å². The second kappa shape index (κ2) is 10.0. The van der Waals surface area contributed by atoms with E-state index in [0.717, 1.165) is 60.2 Å². The molecule has 0 fully saturated rings. The highest BCUT2D eigenvalue weighted by molar-refractivity contribution is 6.21. The lowest BCUT2D eigenvalue weighted by atomic mass is 9.99. The lowest BCUT2D eigenvalue weighted by Gasteiger charge is -2.12. The monoisotopic (exact) mass is 600 g/mol. The Bertz CT molecular complexity index is 2870. The van der Waals surface area contributed by atoms with Crippen LogP contribution in [-0.2, 0) is 0 Å². The summed E-state index contributed by atoms with van der Waals surface area (Å²) in [5, 5.41) is 11.1. The summed E-state index contributed by atoms with van der Waals surface area (Å²) in [5.41, 5.74) is 4.33. The van der Waals surface area contributed by atoms with E-state index in [9.17, 15) is 0 Å². The molecule has 0 aliphatic heterocycles. The van der Waals surface area contributed by atoms with Crippen molar-refractivity contribution in [2.75, 3.05) is 0 Å². The predicted octanol–water partition coefficient (Wildman–Crippen LogP) is 10.8. The summed E-state index contributed by atoms with van der Waals surface area (Å²) in [6.07, 6.45) is 3.73. The van der Waals surface area contributed by atoms with Gasteiger partial charge in [-0.3, -0.25) is 4.98 Å². The van der Waals surface area contributed by atoms with Gasteiger partial charge >= 0.3 is 0 Å². The van der Waals surface area contributed by atoms with Gasteiger partial charge in [-0.25, -0.2) is 15.0 Å². The highest BCUT2D eigenvalue weighted by Crippen LogP contribution is 2.40. The fourth-order valence-electron chi connectivity index (χ4n) is 6.89. The van der Waals surface area contributed by atoms with E-state index >= 15 is 0 Å². The number of hydrogen-bond donors (Lipinski definition) is 0. The molecule has 47 heavy (non-hydrogen) atoms. The maximum atomic E-state index is 6.39. The van der Waals surface area contributed by atoms with E-state index in [2.05, 4.69) is 114 Å². The molecule has 0 unspecified atom stereocenters. The molecule has 3 aromatic heterocycles. The predicted molar refractivity (Wildman–Crippen MR) is 191 cm³/mol. The first-order valence-corrected chi connectivity index (χ1v) is 15.6. The molecular formula is C42H24N4O. The van der Waals surface area contributed by atoms with Gasteiger partial charge in [-0.05, 0) is 68.0 Å². The number of nitrogens with zero attached hydrogens (tertiary/aromatic N) is 4. The minimum atomic E-state index is 0.578. The molecule has 0 atom stereocenters. The SMILES string of the molecule is c1ccc2cc(-c3nc(-c4ccc5ccc6ccccc6c5c4)nc(-c4cc5oc6ccccc6c5c5cnccc45)n3)ccc2c1. The van der Waals surface area contributed by atoms with Gasteiger partial charge in [0.2, 0.25) is 0 Å². The summed E-state index contributed by atoms with van der Waals surface area (Å²) in [5.74, 6) is 1.80. The summed E-state index contributed by atoms with van der Waals surface area (Å²) in [6.45, 7) is 0. The van der Waals surface area contributed by atoms with Gasteiger partial charge in [0.1, 0.15) is 11.2 Å². The average Bonchev–Trinajstić information content (AvgIpc) is 3.53. The van der Waals surface area contributed by atoms with Crippen LogP contribution in [0.3, 0.4) is 0 Å². The fraction of sp³-hybridized carbons (Fsp3) is 0. The second-order valence-electron chi connectivity index (χ2n) is 11.9. The van der Waals surface area contributed by atoms with Gasteiger partial charge < -0.3 is 4.42 Å². The largest absolute Gasteiger partial charge is 0.456 e. The second-order valence-corrected chi connectivity index (χ2v) is 11.9. The number of hydrogen-bond acceptors (Lipinski definition) is 5. The van der Waals surface area contributed by atoms with Crippen molar-refractivity contribution in [3.05, 3.63) is 146 Å². The van der Waals surface area contributed by atoms with Crippen molar-refractivity contribution in [1.82, 2.24) is 19.9 Å². The van der Waals surface area contributed by atoms with Gasteiger partial charge in [-0.1, -0.05) is 103 Å². The highest BCUT2D eigenvalue weighted by atomic mass is 16.3. The Kier molecular flexibility index (Phi) is 5.51. The first-order chi connectivity index (χ1) is 23.3. The van der Waals surface area contributed by atoms with E-state index in [4.69, 9.17) is 19.4 Å². The quantitative estimate of drug-likeness (QED) is 0.189. The van der Waals surface area contributed by atoms with Crippen LogP contribution in [0.2, 0.25) is 0 Å². The van der Waals surface area contributed by atoms with Crippen LogP contribution in [-0.4, -0.2) is 19.9 Å². The zero-order valence-corrected chi connectivity index (χ0v) is 25.1. The molecular weight excluding hydrogens is 576 g/mol. The number of fused-ring (bicyclic) bond motifs is 9. The average molecular weight is 601 g/mol. The molecule has 0 aliphatic carbocycles. The van der Waals surface area contributed by atoms with Gasteiger partial charge in [0.05, 0.1) is 0 Å². The Balaban J connectivity index is 1.26. The zero-order valence-electron chi connectivity index (χ0n) is 25.1. The lowest BCUT2D eigenvalue weighted by Crippen LogP contribution is -2.01. The van der Waals surface area contributed by atoms with Gasteiger partial charge in [-0.15, -0.1) is 0 Å². The molecule has 0 N–H and O–H groups in total. The van der Waals surface area contributed by atoms with E-state index in [0.29, 0.717) is 17.5 Å². The molecule has 218 valence electrons. The maximum Gasteiger partial charge on any atom is 0.164 e. The molecule has 0 radical (unpaired) electrons. The van der Waals surface area contributed by atoms with Gasteiger partial charge in [0.15, 0.2) is 17.5 Å². The number of benzene rings is 7. The topological polar surface area (TPSA) is 64.7 Å². The summed E-state index contributed by atoms with van der Waals surface area (Å²) < 4.78 is 6.39. The van der Waals surface area contributed by atoms with E-state index in [-0.39, 0.29) is 0 Å². The highest BCUT2D eigenvalue weighted by Gasteiger charge is 2.19. The first-order valence-electron chi connectivity index (χ1n) is 15.6. The third kappa shape index (κ3) is 4.10. The van der Waals surface area contributed by atoms with E-state index in [1.807, 2.05) is 36.7 Å².